The van der Waals surface area contributed by atoms with Gasteiger partial charge in [-0.15, -0.1) is 0 Å². The molecule has 0 bridgehead atoms. The second kappa shape index (κ2) is 8.98. The molecule has 0 aliphatic carbocycles. The number of quaternary nitrogens is 1. The van der Waals surface area contributed by atoms with Gasteiger partial charge in [-0.25, -0.2) is 0 Å². The van der Waals surface area contributed by atoms with Crippen LogP contribution in [0.1, 0.15) is 17.5 Å². The maximum Gasteiger partial charge on any atom is 0.136 e. The van der Waals surface area contributed by atoms with Gasteiger partial charge < -0.3 is 9.64 Å². The second-order valence-corrected chi connectivity index (χ2v) is 5.93. The normalized spacial score (nSPS) is 10.6. The number of halogens is 1. The van der Waals surface area contributed by atoms with Crippen LogP contribution < -0.4 is 9.64 Å². The predicted octanol–water partition coefficient (Wildman–Crippen LogP) is 3.09. The number of benzene rings is 1. The van der Waals surface area contributed by atoms with Gasteiger partial charge in [0.05, 0.1) is 30.7 Å². The molecule has 0 heterocycles. The zero-order chi connectivity index (χ0) is 15.0. The fourth-order valence-corrected chi connectivity index (χ4v) is 3.07. The highest BCUT2D eigenvalue weighted by Crippen LogP contribution is 2.30. The van der Waals surface area contributed by atoms with Gasteiger partial charge in [-0.05, 0) is 59.1 Å². The smallest absolute Gasteiger partial charge is 0.136 e. The Morgan fingerprint density at radius 3 is 2.40 bits per heavy atom. The van der Waals surface area contributed by atoms with Gasteiger partial charge in [-0.1, -0.05) is 19.2 Å². The molecule has 0 aliphatic rings. The van der Waals surface area contributed by atoms with Crippen molar-refractivity contribution in [2.75, 3.05) is 26.2 Å². The summed E-state index contributed by atoms with van der Waals surface area (Å²) in [5.41, 5.74) is 2.42. The molecule has 1 aromatic rings. The second-order valence-electron chi connectivity index (χ2n) is 5.08. The molecule has 0 unspecified atom stereocenters. The molecule has 1 aromatic carbocycles. The van der Waals surface area contributed by atoms with Gasteiger partial charge in [0.1, 0.15) is 5.75 Å². The maximum absolute atomic E-state index is 5.92. The van der Waals surface area contributed by atoms with Crippen LogP contribution in [0.3, 0.4) is 0 Å². The van der Waals surface area contributed by atoms with Gasteiger partial charge in [0.15, 0.2) is 0 Å². The summed E-state index contributed by atoms with van der Waals surface area (Å²) in [5, 5.41) is 0. The zero-order valence-electron chi connectivity index (χ0n) is 12.5. The molecule has 0 amide bonds. The summed E-state index contributed by atoms with van der Waals surface area (Å²) in [7, 11) is 0. The minimum absolute atomic E-state index is 0.736. The largest absolute Gasteiger partial charge is 0.492 e. The topological polar surface area (TPSA) is 13.7 Å². The van der Waals surface area contributed by atoms with Crippen LogP contribution in [0.5, 0.6) is 5.75 Å². The molecule has 0 saturated heterocycles. The number of hydrogen-bond acceptors (Lipinski definition) is 1. The molecular weight excluding hydrogens is 314 g/mol. The van der Waals surface area contributed by atoms with Crippen LogP contribution in [0.25, 0.3) is 0 Å². The van der Waals surface area contributed by atoms with Gasteiger partial charge in [0, 0.05) is 6.42 Å². The first kappa shape index (κ1) is 17.0. The third kappa shape index (κ3) is 5.51. The highest BCUT2D eigenvalue weighted by atomic mass is 79.9. The molecule has 20 heavy (non-hydrogen) atoms. The summed E-state index contributed by atoms with van der Waals surface area (Å²) in [5.74, 6) is 0.963. The summed E-state index contributed by atoms with van der Waals surface area (Å²) in [6.07, 6.45) is 4.94. The Labute approximate surface area is 131 Å². The number of hydrogen-bond donors (Lipinski definition) is 1. The van der Waals surface area contributed by atoms with Crippen molar-refractivity contribution in [3.8, 4) is 5.75 Å². The molecule has 0 atom stereocenters. The van der Waals surface area contributed by atoms with Crippen LogP contribution in [0, 0.1) is 13.8 Å². The van der Waals surface area contributed by atoms with Gasteiger partial charge in [-0.2, -0.15) is 0 Å². The van der Waals surface area contributed by atoms with E-state index in [9.17, 15) is 0 Å². The van der Waals surface area contributed by atoms with Crippen molar-refractivity contribution >= 4 is 15.9 Å². The van der Waals surface area contributed by atoms with Crippen LogP contribution >= 0.6 is 15.9 Å². The molecule has 0 fully saturated rings. The highest BCUT2D eigenvalue weighted by molar-refractivity contribution is 9.10. The lowest BCUT2D eigenvalue weighted by Crippen LogP contribution is -3.11. The summed E-state index contributed by atoms with van der Waals surface area (Å²) in [6.45, 7) is 15.5. The maximum atomic E-state index is 5.92. The Balaban J connectivity index is 2.44. The molecule has 0 radical (unpaired) electrons. The minimum atomic E-state index is 0.736. The van der Waals surface area contributed by atoms with Crippen molar-refractivity contribution in [3.63, 3.8) is 0 Å². The lowest BCUT2D eigenvalue weighted by atomic mass is 10.1. The predicted molar refractivity (Wildman–Crippen MR) is 89.7 cm³/mol. The Morgan fingerprint density at radius 1 is 1.20 bits per heavy atom. The Morgan fingerprint density at radius 2 is 1.85 bits per heavy atom. The molecule has 1 rings (SSSR count). The Kier molecular flexibility index (Phi) is 7.63. The van der Waals surface area contributed by atoms with E-state index in [1.54, 1.807) is 0 Å². The van der Waals surface area contributed by atoms with Crippen molar-refractivity contribution in [1.82, 2.24) is 0 Å². The van der Waals surface area contributed by atoms with Crippen molar-refractivity contribution in [2.24, 2.45) is 0 Å². The fourth-order valence-electron chi connectivity index (χ4n) is 2.28. The molecule has 0 aliphatic heterocycles. The third-order valence-electron chi connectivity index (χ3n) is 3.16. The van der Waals surface area contributed by atoms with E-state index in [0.717, 1.165) is 42.9 Å². The van der Waals surface area contributed by atoms with Gasteiger partial charge in [0.25, 0.3) is 0 Å². The fraction of sp³-hybridized carbons (Fsp3) is 0.412. The van der Waals surface area contributed by atoms with E-state index in [1.807, 2.05) is 12.2 Å². The molecule has 2 nitrogen and oxygen atoms in total. The van der Waals surface area contributed by atoms with Crippen molar-refractivity contribution in [3.05, 3.63) is 53.0 Å². The standard InChI is InChI=1S/C17H24BrNO/c1-5-8-19(9-6-2)10-7-11-20-17-15(4)12-14(3)13-16(17)18/h5-6,12-13H,1-2,7-11H2,3-4H3/p+1. The first-order valence-corrected chi connectivity index (χ1v) is 7.82. The minimum Gasteiger partial charge on any atom is -0.492 e. The number of nitrogens with one attached hydrogen (secondary N) is 1. The quantitative estimate of drug-likeness (QED) is 0.539. The summed E-state index contributed by atoms with van der Waals surface area (Å²) in [4.78, 5) is 1.47. The molecule has 0 aromatic heterocycles. The first-order valence-electron chi connectivity index (χ1n) is 7.03. The molecular formula is C17H25BrNO+. The molecule has 110 valence electrons. The van der Waals surface area contributed by atoms with E-state index in [1.165, 1.54) is 16.0 Å². The van der Waals surface area contributed by atoms with Gasteiger partial charge in [0.2, 0.25) is 0 Å². The van der Waals surface area contributed by atoms with Crippen LogP contribution in [0.4, 0.5) is 0 Å². The molecule has 1 N–H and O–H groups in total. The van der Waals surface area contributed by atoms with E-state index in [4.69, 9.17) is 4.74 Å². The summed E-state index contributed by atoms with van der Waals surface area (Å²) >= 11 is 3.57. The Bertz CT molecular complexity index is 423. The molecule has 0 spiro atoms. The van der Waals surface area contributed by atoms with Crippen LogP contribution in [0.2, 0.25) is 0 Å². The average molecular weight is 339 g/mol. The highest BCUT2D eigenvalue weighted by Gasteiger charge is 2.08. The van der Waals surface area contributed by atoms with Crippen molar-refractivity contribution in [1.29, 1.82) is 0 Å². The number of ether oxygens (including phenoxy) is 1. The number of rotatable bonds is 9. The molecule has 0 saturated carbocycles. The van der Waals surface area contributed by atoms with Crippen LogP contribution in [0.15, 0.2) is 41.9 Å². The lowest BCUT2D eigenvalue weighted by molar-refractivity contribution is -0.888. The van der Waals surface area contributed by atoms with E-state index in [0.29, 0.717) is 0 Å². The Hall–Kier alpha value is -1.06. The van der Waals surface area contributed by atoms with Crippen molar-refractivity contribution in [2.45, 2.75) is 20.3 Å². The third-order valence-corrected chi connectivity index (χ3v) is 3.75. The van der Waals surface area contributed by atoms with Gasteiger partial charge >= 0.3 is 0 Å². The van der Waals surface area contributed by atoms with Gasteiger partial charge in [-0.3, -0.25) is 0 Å². The monoisotopic (exact) mass is 338 g/mol. The van der Waals surface area contributed by atoms with Crippen LogP contribution in [-0.4, -0.2) is 26.2 Å². The van der Waals surface area contributed by atoms with Crippen molar-refractivity contribution < 1.29 is 9.64 Å². The number of aryl methyl sites for hydroxylation is 2. The zero-order valence-corrected chi connectivity index (χ0v) is 14.1. The summed E-state index contributed by atoms with van der Waals surface area (Å²) in [6, 6.07) is 4.24. The lowest BCUT2D eigenvalue weighted by Gasteiger charge is -2.17. The summed E-state index contributed by atoms with van der Waals surface area (Å²) < 4.78 is 6.96. The average Bonchev–Trinajstić information content (AvgIpc) is 2.37. The molecule has 3 heteroatoms. The van der Waals surface area contributed by atoms with E-state index in [-0.39, 0.29) is 0 Å². The van der Waals surface area contributed by atoms with E-state index in [2.05, 4.69) is 55.1 Å². The van der Waals surface area contributed by atoms with Crippen LogP contribution in [-0.2, 0) is 0 Å². The van der Waals surface area contributed by atoms with E-state index >= 15 is 0 Å². The van der Waals surface area contributed by atoms with E-state index < -0.39 is 0 Å². The first-order chi connectivity index (χ1) is 9.58. The SMILES string of the molecule is C=CC[NH+](CC=C)CCCOc1c(C)cc(C)cc1Br.